The van der Waals surface area contributed by atoms with E-state index in [0.717, 1.165) is 17.7 Å². The number of nitrogens with zero attached hydrogens (tertiary/aromatic N) is 1. The minimum absolute atomic E-state index is 0.151. The molecule has 5 heteroatoms. The van der Waals surface area contributed by atoms with Crippen LogP contribution in [0.15, 0.2) is 41.4 Å². The molecule has 0 aliphatic rings. The predicted octanol–water partition coefficient (Wildman–Crippen LogP) is 4.95. The van der Waals surface area contributed by atoms with Crippen molar-refractivity contribution in [2.75, 3.05) is 0 Å². The van der Waals surface area contributed by atoms with Crippen molar-refractivity contribution in [1.82, 2.24) is 3.97 Å². The largest absolute Gasteiger partial charge is 0.267 e. The van der Waals surface area contributed by atoms with Gasteiger partial charge in [-0.15, -0.1) is 0 Å². The lowest BCUT2D eigenvalue weighted by atomic mass is 10.1. The van der Waals surface area contributed by atoms with Crippen molar-refractivity contribution < 1.29 is 8.42 Å². The maximum Gasteiger partial charge on any atom is 0.267 e. The Balaban J connectivity index is 2.69. The third-order valence-corrected chi connectivity index (χ3v) is 13.0. The van der Waals surface area contributed by atoms with E-state index in [1.54, 1.807) is 18.3 Å². The molecule has 144 valence electrons. The molecule has 0 aliphatic heterocycles. The first-order valence-corrected chi connectivity index (χ1v) is 13.8. The highest BCUT2D eigenvalue weighted by Crippen LogP contribution is 2.37. The molecule has 0 aliphatic carbocycles. The molecular weight excluding hydrogens is 358 g/mol. The summed E-state index contributed by atoms with van der Waals surface area (Å²) < 4.78 is 28.2. The minimum Gasteiger partial charge on any atom is -0.246 e. The predicted molar refractivity (Wildman–Crippen MR) is 114 cm³/mol. The van der Waals surface area contributed by atoms with Crippen molar-refractivity contribution >= 4 is 23.3 Å². The molecule has 0 unspecified atom stereocenters. The molecule has 2 rings (SSSR count). The van der Waals surface area contributed by atoms with Crippen LogP contribution in [0.2, 0.25) is 18.1 Å². The fourth-order valence-corrected chi connectivity index (χ4v) is 6.77. The molecule has 2 aromatic rings. The van der Waals surface area contributed by atoms with Crippen LogP contribution in [0.5, 0.6) is 0 Å². The molecule has 26 heavy (non-hydrogen) atoms. The van der Waals surface area contributed by atoms with E-state index in [1.807, 2.05) is 19.1 Å². The highest BCUT2D eigenvalue weighted by Gasteiger charge is 2.40. The molecule has 1 aromatic heterocycles. The maximum atomic E-state index is 13.3. The molecule has 0 saturated heterocycles. The zero-order chi connectivity index (χ0) is 19.9. The highest BCUT2D eigenvalue weighted by atomic mass is 32.2. The van der Waals surface area contributed by atoms with Gasteiger partial charge < -0.3 is 0 Å². The minimum atomic E-state index is -3.58. The molecule has 0 spiro atoms. The van der Waals surface area contributed by atoms with Crippen LogP contribution in [0.3, 0.4) is 0 Å². The Hall–Kier alpha value is -1.33. The summed E-state index contributed by atoms with van der Waals surface area (Å²) >= 11 is 0. The van der Waals surface area contributed by atoms with Crippen LogP contribution in [0, 0.1) is 12.8 Å². The fourth-order valence-electron chi connectivity index (χ4n) is 3.06. The van der Waals surface area contributed by atoms with E-state index in [-0.39, 0.29) is 5.04 Å². The second-order valence-electron chi connectivity index (χ2n) is 9.26. The Morgan fingerprint density at radius 2 is 1.58 bits per heavy atom. The van der Waals surface area contributed by atoms with Gasteiger partial charge in [0.1, 0.15) is 0 Å². The average molecular weight is 392 g/mol. The second-order valence-corrected chi connectivity index (χ2v) is 16.4. The molecule has 0 amide bonds. The van der Waals surface area contributed by atoms with Crippen LogP contribution in [-0.2, 0) is 16.4 Å². The van der Waals surface area contributed by atoms with E-state index in [2.05, 4.69) is 53.8 Å². The van der Waals surface area contributed by atoms with E-state index in [9.17, 15) is 8.42 Å². The molecule has 0 atom stereocenters. The van der Waals surface area contributed by atoms with Crippen LogP contribution in [0.25, 0.3) is 0 Å². The standard InChI is InChI=1S/C21H33NO2SSi/c1-16(2)15-19-20(26(7,8)21(4,5)6)13-14-22(19)25(23,24)18-11-9-17(3)10-12-18/h9-14,16H,15H2,1-8H3. The summed E-state index contributed by atoms with van der Waals surface area (Å²) in [5.41, 5.74) is 2.02. The van der Waals surface area contributed by atoms with Crippen LogP contribution < -0.4 is 5.19 Å². The van der Waals surface area contributed by atoms with Gasteiger partial charge in [0.25, 0.3) is 10.0 Å². The average Bonchev–Trinajstić information content (AvgIpc) is 2.90. The molecule has 0 N–H and O–H groups in total. The van der Waals surface area contributed by atoms with Crippen molar-refractivity contribution in [2.45, 2.75) is 71.0 Å². The lowest BCUT2D eigenvalue weighted by molar-refractivity contribution is 0.578. The Morgan fingerprint density at radius 1 is 1.04 bits per heavy atom. The van der Waals surface area contributed by atoms with Gasteiger partial charge in [-0.1, -0.05) is 65.4 Å². The normalized spacial score (nSPS) is 13.4. The maximum absolute atomic E-state index is 13.3. The summed E-state index contributed by atoms with van der Waals surface area (Å²) in [5.74, 6) is 0.389. The van der Waals surface area contributed by atoms with E-state index in [4.69, 9.17) is 0 Å². The van der Waals surface area contributed by atoms with Gasteiger partial charge in [-0.25, -0.2) is 12.4 Å². The smallest absolute Gasteiger partial charge is 0.246 e. The van der Waals surface area contributed by atoms with E-state index >= 15 is 0 Å². The van der Waals surface area contributed by atoms with E-state index in [0.29, 0.717) is 10.8 Å². The van der Waals surface area contributed by atoms with Crippen LogP contribution in [0.1, 0.15) is 45.9 Å². The highest BCUT2D eigenvalue weighted by molar-refractivity contribution is 7.90. The van der Waals surface area contributed by atoms with Gasteiger partial charge in [-0.2, -0.15) is 0 Å². The first kappa shape index (κ1) is 21.0. The van der Waals surface area contributed by atoms with Crippen LogP contribution in [0.4, 0.5) is 0 Å². The number of hydrogen-bond donors (Lipinski definition) is 0. The van der Waals surface area contributed by atoms with Crippen molar-refractivity contribution in [1.29, 1.82) is 0 Å². The van der Waals surface area contributed by atoms with Gasteiger partial charge in [0.15, 0.2) is 0 Å². The Bertz CT molecular complexity index is 870. The molecule has 0 radical (unpaired) electrons. The first-order chi connectivity index (χ1) is 11.8. The van der Waals surface area contributed by atoms with Crippen molar-refractivity contribution in [3.8, 4) is 0 Å². The fraction of sp³-hybridized carbons (Fsp3) is 0.524. The molecule has 3 nitrogen and oxygen atoms in total. The zero-order valence-corrected chi connectivity index (χ0v) is 19.2. The molecule has 1 heterocycles. The zero-order valence-electron chi connectivity index (χ0n) is 17.4. The summed E-state index contributed by atoms with van der Waals surface area (Å²) in [6.07, 6.45) is 2.53. The van der Waals surface area contributed by atoms with Gasteiger partial charge in [0, 0.05) is 11.9 Å². The summed E-state index contributed by atoms with van der Waals surface area (Å²) in [6.45, 7) is 17.7. The van der Waals surface area contributed by atoms with Gasteiger partial charge in [0.2, 0.25) is 0 Å². The monoisotopic (exact) mass is 391 g/mol. The lowest BCUT2D eigenvalue weighted by Gasteiger charge is -2.37. The summed E-state index contributed by atoms with van der Waals surface area (Å²) in [7, 11) is -5.42. The number of benzene rings is 1. The Labute approximate surface area is 160 Å². The third kappa shape index (κ3) is 3.84. The molecule has 1 aromatic carbocycles. The number of rotatable bonds is 5. The Kier molecular flexibility index (Phi) is 5.65. The van der Waals surface area contributed by atoms with Crippen molar-refractivity contribution in [2.24, 2.45) is 5.92 Å². The summed E-state index contributed by atoms with van der Waals surface area (Å²) in [5, 5.41) is 1.41. The second kappa shape index (κ2) is 7.00. The van der Waals surface area contributed by atoms with Crippen LogP contribution in [-0.4, -0.2) is 20.5 Å². The number of aryl methyl sites for hydroxylation is 1. The summed E-state index contributed by atoms with van der Waals surface area (Å²) in [6, 6.07) is 9.17. The van der Waals surface area contributed by atoms with Crippen molar-refractivity contribution in [3.63, 3.8) is 0 Å². The summed E-state index contributed by atoms with van der Waals surface area (Å²) in [4.78, 5) is 0.352. The lowest BCUT2D eigenvalue weighted by Crippen LogP contribution is -2.50. The molecular formula is C21H33NO2SSi. The molecule has 0 fully saturated rings. The van der Waals surface area contributed by atoms with Gasteiger partial charge in [-0.3, -0.25) is 0 Å². The van der Waals surface area contributed by atoms with Gasteiger partial charge >= 0.3 is 0 Å². The van der Waals surface area contributed by atoms with Gasteiger partial charge in [0.05, 0.1) is 13.0 Å². The van der Waals surface area contributed by atoms with E-state index in [1.165, 1.54) is 9.16 Å². The van der Waals surface area contributed by atoms with E-state index < -0.39 is 18.1 Å². The topological polar surface area (TPSA) is 39.1 Å². The van der Waals surface area contributed by atoms with Crippen molar-refractivity contribution in [3.05, 3.63) is 47.8 Å². The Morgan fingerprint density at radius 3 is 2.04 bits per heavy atom. The SMILES string of the molecule is Cc1ccc(S(=O)(=O)n2ccc([Si](C)(C)C(C)(C)C)c2CC(C)C)cc1. The molecule has 0 saturated carbocycles. The number of aromatic nitrogens is 1. The molecule has 0 bridgehead atoms. The third-order valence-electron chi connectivity index (χ3n) is 5.68. The first-order valence-electron chi connectivity index (χ1n) is 9.31. The number of hydrogen-bond acceptors (Lipinski definition) is 2. The quantitative estimate of drug-likeness (QED) is 0.677. The van der Waals surface area contributed by atoms with Crippen LogP contribution >= 0.6 is 0 Å². The van der Waals surface area contributed by atoms with Gasteiger partial charge in [-0.05, 0) is 47.7 Å².